The maximum atomic E-state index is 13.1. The van der Waals surface area contributed by atoms with Gasteiger partial charge in [0.25, 0.3) is 0 Å². The van der Waals surface area contributed by atoms with E-state index in [2.05, 4.69) is 42.9 Å². The molecule has 0 radical (unpaired) electrons. The van der Waals surface area contributed by atoms with E-state index >= 15 is 0 Å². The van der Waals surface area contributed by atoms with Crippen molar-refractivity contribution in [2.75, 3.05) is 26.9 Å². The highest BCUT2D eigenvalue weighted by molar-refractivity contribution is 5.78. The van der Waals surface area contributed by atoms with Crippen molar-refractivity contribution in [3.63, 3.8) is 0 Å². The Balaban J connectivity index is 2.04. The summed E-state index contributed by atoms with van der Waals surface area (Å²) in [5.74, 6) is 0.374. The molecule has 188 valence electrons. The Morgan fingerprint density at radius 3 is 2.40 bits per heavy atom. The molecule has 2 aromatic heterocycles. The smallest absolute Gasteiger partial charge is 0.249 e. The molecule has 3 N–H and O–H groups in total. The van der Waals surface area contributed by atoms with Crippen molar-refractivity contribution >= 4 is 5.91 Å². The van der Waals surface area contributed by atoms with Gasteiger partial charge in [0.05, 0.1) is 17.7 Å². The fourth-order valence-electron chi connectivity index (χ4n) is 4.39. The van der Waals surface area contributed by atoms with Gasteiger partial charge in [0.15, 0.2) is 0 Å². The van der Waals surface area contributed by atoms with Gasteiger partial charge in [-0.3, -0.25) is 9.78 Å². The number of aromatic nitrogens is 3. The van der Waals surface area contributed by atoms with Gasteiger partial charge in [-0.1, -0.05) is 51.1 Å². The van der Waals surface area contributed by atoms with Crippen LogP contribution in [0.4, 0.5) is 4.39 Å². The number of methoxy groups -OCH3 is 1. The van der Waals surface area contributed by atoms with E-state index in [1.165, 1.54) is 7.11 Å². The number of carbonyl (C=O) groups is 1. The number of benzene rings is 1. The molecular formula is C27H36FN5O2. The maximum absolute atomic E-state index is 13.1. The molecular weight excluding hydrogens is 445 g/mol. The lowest BCUT2D eigenvalue weighted by molar-refractivity contribution is -0.140. The number of carbonyl (C=O) groups excluding carboxylic acids is 1. The second-order valence-corrected chi connectivity index (χ2v) is 9.83. The first-order valence-electron chi connectivity index (χ1n) is 11.9. The van der Waals surface area contributed by atoms with Crippen LogP contribution in [0, 0.1) is 5.41 Å². The summed E-state index contributed by atoms with van der Waals surface area (Å²) in [7, 11) is 1.49. The lowest BCUT2D eigenvalue weighted by atomic mass is 9.84. The maximum Gasteiger partial charge on any atom is 0.249 e. The number of alkyl halides is 1. The Morgan fingerprint density at radius 1 is 1.14 bits per heavy atom. The third-order valence-electron chi connectivity index (χ3n) is 6.00. The number of amides is 1. The predicted molar refractivity (Wildman–Crippen MR) is 135 cm³/mol. The molecule has 35 heavy (non-hydrogen) atoms. The number of nitrogens with zero attached hydrogens (tertiary/aromatic N) is 3. The monoisotopic (exact) mass is 481 g/mol. The summed E-state index contributed by atoms with van der Waals surface area (Å²) >= 11 is 0. The Bertz CT molecular complexity index is 1010. The van der Waals surface area contributed by atoms with Crippen LogP contribution in [0.1, 0.15) is 61.8 Å². The van der Waals surface area contributed by atoms with Gasteiger partial charge < -0.3 is 20.4 Å². The Hall–Kier alpha value is -3.10. The number of H-pyrrole nitrogens is 1. The molecule has 0 saturated heterocycles. The molecule has 0 aliphatic rings. The quantitative estimate of drug-likeness (QED) is 0.427. The Morgan fingerprint density at radius 2 is 1.80 bits per heavy atom. The van der Waals surface area contributed by atoms with Crippen LogP contribution in [0.15, 0.2) is 61.1 Å². The normalized spacial score (nSPS) is 14.3. The molecule has 0 fully saturated rings. The van der Waals surface area contributed by atoms with Crippen LogP contribution >= 0.6 is 0 Å². The largest absolute Gasteiger partial charge is 0.375 e. The van der Waals surface area contributed by atoms with Crippen molar-refractivity contribution in [1.29, 1.82) is 0 Å². The van der Waals surface area contributed by atoms with E-state index in [0.29, 0.717) is 18.8 Å². The first-order chi connectivity index (χ1) is 16.8. The standard InChI is InChI=1S/C27H36FN5O2/c1-27(2,3)25(33(23(34)18-35-4)15-12-21(29)16-28)26-31-17-22(32-26)24(19-8-6-5-7-9-19)20-10-13-30-14-11-20/h5-11,13-14,17,21,24-25H,12,15-16,18,29H2,1-4H3,(H,31,32)/t21-,24-,25?/m1/s1. The number of hydrogen-bond acceptors (Lipinski definition) is 5. The fourth-order valence-corrected chi connectivity index (χ4v) is 4.39. The molecule has 2 heterocycles. The van der Waals surface area contributed by atoms with E-state index in [4.69, 9.17) is 15.5 Å². The highest BCUT2D eigenvalue weighted by Gasteiger charge is 2.37. The number of halogens is 1. The summed E-state index contributed by atoms with van der Waals surface area (Å²) in [6.45, 7) is 5.76. The third kappa shape index (κ3) is 6.74. The van der Waals surface area contributed by atoms with Gasteiger partial charge in [0.1, 0.15) is 19.1 Å². The number of nitrogens with two attached hydrogens (primary N) is 1. The second-order valence-electron chi connectivity index (χ2n) is 9.83. The predicted octanol–water partition coefficient (Wildman–Crippen LogP) is 4.23. The van der Waals surface area contributed by atoms with Crippen molar-refractivity contribution in [3.05, 3.63) is 83.7 Å². The van der Waals surface area contributed by atoms with Crippen LogP contribution in [0.5, 0.6) is 0 Å². The van der Waals surface area contributed by atoms with Crippen molar-refractivity contribution in [2.24, 2.45) is 11.1 Å². The molecule has 0 bridgehead atoms. The van der Waals surface area contributed by atoms with Crippen molar-refractivity contribution in [2.45, 2.75) is 45.2 Å². The minimum Gasteiger partial charge on any atom is -0.375 e. The van der Waals surface area contributed by atoms with Crippen molar-refractivity contribution < 1.29 is 13.9 Å². The molecule has 0 spiro atoms. The van der Waals surface area contributed by atoms with E-state index in [1.54, 1.807) is 17.3 Å². The van der Waals surface area contributed by atoms with Crippen LogP contribution in [0.25, 0.3) is 0 Å². The zero-order chi connectivity index (χ0) is 25.4. The van der Waals surface area contributed by atoms with Gasteiger partial charge in [-0.05, 0) is 35.1 Å². The third-order valence-corrected chi connectivity index (χ3v) is 6.00. The van der Waals surface area contributed by atoms with E-state index in [-0.39, 0.29) is 29.9 Å². The minimum absolute atomic E-state index is 0.0747. The first-order valence-corrected chi connectivity index (χ1v) is 11.9. The molecule has 3 atom stereocenters. The highest BCUT2D eigenvalue weighted by atomic mass is 19.1. The van der Waals surface area contributed by atoms with Gasteiger partial charge in [-0.15, -0.1) is 0 Å². The average molecular weight is 482 g/mol. The number of nitrogens with one attached hydrogen (secondary N) is 1. The number of rotatable bonds is 11. The van der Waals surface area contributed by atoms with E-state index < -0.39 is 12.7 Å². The molecule has 0 saturated carbocycles. The van der Waals surface area contributed by atoms with E-state index in [9.17, 15) is 9.18 Å². The summed E-state index contributed by atoms with van der Waals surface area (Å²) in [5.41, 5.74) is 8.49. The summed E-state index contributed by atoms with van der Waals surface area (Å²) in [6.07, 6.45) is 5.79. The van der Waals surface area contributed by atoms with Crippen LogP contribution < -0.4 is 5.73 Å². The van der Waals surface area contributed by atoms with Crippen molar-refractivity contribution in [1.82, 2.24) is 19.9 Å². The van der Waals surface area contributed by atoms with Crippen molar-refractivity contribution in [3.8, 4) is 0 Å². The van der Waals surface area contributed by atoms with E-state index in [0.717, 1.165) is 16.8 Å². The highest BCUT2D eigenvalue weighted by Crippen LogP contribution is 2.39. The SMILES string of the molecule is COCC(=O)N(CC[C@@H](N)CF)C(c1nc([C@H](c2ccccc2)c2ccncc2)c[nH]1)C(C)(C)C. The number of ether oxygens (including phenoxy) is 1. The zero-order valence-corrected chi connectivity index (χ0v) is 20.9. The first kappa shape index (κ1) is 26.5. The summed E-state index contributed by atoms with van der Waals surface area (Å²) in [4.78, 5) is 27.4. The number of pyridine rings is 1. The molecule has 8 heteroatoms. The van der Waals surface area contributed by atoms with Crippen LogP contribution in [-0.4, -0.2) is 58.7 Å². The molecule has 7 nitrogen and oxygen atoms in total. The average Bonchev–Trinajstić information content (AvgIpc) is 3.30. The number of imidazole rings is 1. The van der Waals surface area contributed by atoms with Gasteiger partial charge in [-0.25, -0.2) is 9.37 Å². The second kappa shape index (κ2) is 12.0. The Kier molecular flexibility index (Phi) is 9.12. The van der Waals surface area contributed by atoms with E-state index in [1.807, 2.05) is 36.5 Å². The molecule has 1 amide bonds. The van der Waals surface area contributed by atoms with Crippen LogP contribution in [0.3, 0.4) is 0 Å². The molecule has 3 aromatic rings. The minimum atomic E-state index is -0.637. The summed E-state index contributed by atoms with van der Waals surface area (Å²) in [6, 6.07) is 13.1. The van der Waals surface area contributed by atoms with Crippen LogP contribution in [0.2, 0.25) is 0 Å². The topological polar surface area (TPSA) is 97.1 Å². The zero-order valence-electron chi connectivity index (χ0n) is 20.9. The molecule has 3 rings (SSSR count). The van der Waals surface area contributed by atoms with Gasteiger partial charge in [0.2, 0.25) is 5.91 Å². The van der Waals surface area contributed by atoms with Gasteiger partial charge >= 0.3 is 0 Å². The molecule has 0 aliphatic heterocycles. The van der Waals surface area contributed by atoms with Crippen LogP contribution in [-0.2, 0) is 9.53 Å². The summed E-state index contributed by atoms with van der Waals surface area (Å²) < 4.78 is 18.2. The summed E-state index contributed by atoms with van der Waals surface area (Å²) in [5, 5.41) is 0. The molecule has 0 aliphatic carbocycles. The molecule has 1 aromatic carbocycles. The number of hydrogen-bond donors (Lipinski definition) is 2. The number of aromatic amines is 1. The lowest BCUT2D eigenvalue weighted by Gasteiger charge is -2.39. The lowest BCUT2D eigenvalue weighted by Crippen LogP contribution is -2.45. The fraction of sp³-hybridized carbons (Fsp3) is 0.444. The van der Waals surface area contributed by atoms with Gasteiger partial charge in [0, 0.05) is 38.3 Å². The van der Waals surface area contributed by atoms with Gasteiger partial charge in [-0.2, -0.15) is 0 Å². The Labute approximate surface area is 206 Å². The molecule has 1 unspecified atom stereocenters.